The van der Waals surface area contributed by atoms with Crippen molar-refractivity contribution >= 4 is 235 Å². The summed E-state index contributed by atoms with van der Waals surface area (Å²) in [6, 6.07) is 44.9. The second kappa shape index (κ2) is 37.1. The lowest BCUT2D eigenvalue weighted by molar-refractivity contribution is 0.410. The van der Waals surface area contributed by atoms with Crippen LogP contribution in [0.15, 0.2) is 159 Å². The van der Waals surface area contributed by atoms with Crippen LogP contribution in [0.2, 0.25) is 20.1 Å². The van der Waals surface area contributed by atoms with E-state index < -0.39 is 0 Å². The highest BCUT2D eigenvalue weighted by molar-refractivity contribution is 9.11. The van der Waals surface area contributed by atoms with Crippen LogP contribution in [0, 0.1) is 41.5 Å². The number of methoxy groups -OCH3 is 5. The first-order chi connectivity index (χ1) is 53.5. The normalized spacial score (nSPS) is 10.9. The number of nitrogens with two attached hydrogens (primary N) is 3. The van der Waals surface area contributed by atoms with Crippen molar-refractivity contribution in [1.29, 1.82) is 0 Å². The van der Waals surface area contributed by atoms with E-state index in [1.807, 2.05) is 162 Å². The van der Waals surface area contributed by atoms with Gasteiger partial charge in [0.15, 0.2) is 19.3 Å². The van der Waals surface area contributed by atoms with E-state index in [1.54, 1.807) is 69.6 Å². The first-order valence-electron chi connectivity index (χ1n) is 34.4. The molecule has 0 fully saturated rings. The molecule has 112 heavy (non-hydrogen) atoms. The number of phenols is 1. The number of aromatic hydroxyl groups is 1. The highest BCUT2D eigenvalue weighted by Gasteiger charge is 2.23. The molecule has 0 bridgehead atoms. The number of allylic oxidation sites excluding steroid dienone is 2. The number of benzene rings is 10. The summed E-state index contributed by atoms with van der Waals surface area (Å²) in [7, 11) is 8.41. The molecule has 0 aliphatic carbocycles. The molecule has 27 heteroatoms. The minimum atomic E-state index is 0.308. The number of halogens is 6. The highest BCUT2D eigenvalue weighted by Crippen LogP contribution is 2.48. The smallest absolute Gasteiger partial charge is 0.181 e. The van der Waals surface area contributed by atoms with Gasteiger partial charge in [-0.2, -0.15) is 0 Å². The van der Waals surface area contributed by atoms with Gasteiger partial charge in [-0.25, -0.2) is 29.9 Å². The molecule has 0 aliphatic heterocycles. The Balaban J connectivity index is 0.000000134. The second-order valence-corrected chi connectivity index (χ2v) is 36.0. The highest BCUT2D eigenvalue weighted by atomic mass is 79.9. The summed E-state index contributed by atoms with van der Waals surface area (Å²) in [5, 5.41) is 17.1. The zero-order valence-corrected chi connectivity index (χ0v) is 74.6. The quantitative estimate of drug-likeness (QED) is 0.0946. The summed E-state index contributed by atoms with van der Waals surface area (Å²) in [5.41, 5.74) is 39.5. The largest absolute Gasteiger partial charge is 0.507 e. The fourth-order valence-corrected chi connectivity index (χ4v) is 20.0. The van der Waals surface area contributed by atoms with Crippen molar-refractivity contribution in [2.75, 3.05) is 52.7 Å². The third-order valence-corrected chi connectivity index (χ3v) is 25.5. The van der Waals surface area contributed by atoms with E-state index in [9.17, 15) is 5.11 Å². The Morgan fingerprint density at radius 3 is 1.07 bits per heavy atom. The van der Waals surface area contributed by atoms with Crippen LogP contribution in [0.25, 0.3) is 118 Å². The van der Waals surface area contributed by atoms with Crippen molar-refractivity contribution in [3.8, 4) is 79.0 Å². The number of fused-ring (bicyclic) bond motifs is 6. The van der Waals surface area contributed by atoms with Crippen LogP contribution in [0.4, 0.5) is 15.4 Å². The van der Waals surface area contributed by atoms with Crippen LogP contribution in [0.1, 0.15) is 71.1 Å². The van der Waals surface area contributed by atoms with E-state index in [1.165, 1.54) is 45.2 Å². The van der Waals surface area contributed by atoms with Crippen LogP contribution in [0.3, 0.4) is 0 Å². The number of nitrogens with zero attached hydrogens (tertiary/aromatic N) is 6. The molecule has 0 spiro atoms. The van der Waals surface area contributed by atoms with Crippen molar-refractivity contribution in [1.82, 2.24) is 29.9 Å². The zero-order valence-electron chi connectivity index (χ0n) is 63.6. The number of phenolic OH excluding ortho intramolecular Hbond substituents is 1. The van der Waals surface area contributed by atoms with Gasteiger partial charge < -0.3 is 46.0 Å². The maximum Gasteiger partial charge on any atom is 0.181 e. The van der Waals surface area contributed by atoms with Gasteiger partial charge in [0, 0.05) is 42.3 Å². The average molecular weight is 1810 g/mol. The number of anilines is 3. The molecule has 0 radical (unpaired) electrons. The van der Waals surface area contributed by atoms with Gasteiger partial charge in [0.1, 0.15) is 44.5 Å². The third-order valence-electron chi connectivity index (χ3n) is 17.2. The van der Waals surface area contributed by atoms with Crippen molar-refractivity contribution < 1.29 is 28.8 Å². The van der Waals surface area contributed by atoms with E-state index in [0.717, 1.165) is 196 Å². The molecule has 16 rings (SSSR count). The molecule has 0 saturated heterocycles. The van der Waals surface area contributed by atoms with Gasteiger partial charge in [0.25, 0.3) is 0 Å². The standard InChI is InChI=1S/C19H18ClNOS.C18H16ClNOS.C15H11BrClNOS.C15H13ClN2OS.C9H9BrN2OS.C9H10N2OS/c1-11(2)9-16-21-15-10-12(3)18(22-4)17(19(15)23-16)13-5-7-14(20)8-6-13;1-10(2)8-15-20-14-9-11(3)17(21)16(18(14)22-15)12-4-6-13(19)7-5-12;1-8-7-11-14(20-15(16)18-11)12(13(8)19-2)9-3-5-10(17)6-4-9;1-8-7-11-14(20-15(17)18-11)12(13(8)19-2)9-3-5-10(16)6-4-9;1-4-3-5-8(14-9(11)12-5)6(10)7(4)13-2;1-5-3-6-8(4-7(5)12-2)13-9(10)11-6/h5-10H,1-4H3;4-9,21H,1-3H3;3-7H,1-2H3;3-7H,1-2H3,(H2,17,18);3H,1-2H3,(H2,11,12);3-4H,1-2H3,(H2,10,11). The van der Waals surface area contributed by atoms with Crippen LogP contribution < -0.4 is 40.9 Å². The SMILES string of the molecule is CC(C)=Cc1nc2cc(C)c(O)c(-c3ccc(Cl)cc3)c2s1.COc1c(C)cc2nc(Br)sc2c1-c1ccc(Cl)cc1.COc1c(C)cc2nc(C=C(C)C)sc2c1-c1ccc(Cl)cc1.COc1c(C)cc2nc(N)sc2c1-c1ccc(Cl)cc1.COc1c(C)cc2nc(N)sc2c1Br.COc1cc2sc(N)nc2cc1C. The number of thiazole rings is 6. The first kappa shape index (κ1) is 84.3. The Hall–Kier alpha value is -8.66. The lowest BCUT2D eigenvalue weighted by Gasteiger charge is -2.12. The molecule has 7 N–H and O–H groups in total. The molecule has 0 aliphatic rings. The Morgan fingerprint density at radius 2 is 0.670 bits per heavy atom. The Bertz CT molecular complexity index is 6060. The fourth-order valence-electron chi connectivity index (χ4n) is 12.4. The lowest BCUT2D eigenvalue weighted by atomic mass is 10.0. The van der Waals surface area contributed by atoms with Crippen molar-refractivity contribution in [3.63, 3.8) is 0 Å². The molecular weight excluding hydrogens is 1740 g/mol. The molecule has 6 aromatic heterocycles. The summed E-state index contributed by atoms with van der Waals surface area (Å²) >= 11 is 40.2. The molecule has 10 aromatic carbocycles. The third kappa shape index (κ3) is 19.4. The molecule has 15 nitrogen and oxygen atoms in total. The Morgan fingerprint density at radius 1 is 0.357 bits per heavy atom. The van der Waals surface area contributed by atoms with Crippen LogP contribution in [-0.2, 0) is 0 Å². The number of nitrogen functional groups attached to an aromatic ring is 3. The summed E-state index contributed by atoms with van der Waals surface area (Å²) in [6.07, 6.45) is 4.17. The summed E-state index contributed by atoms with van der Waals surface area (Å²) in [6.45, 7) is 20.2. The maximum absolute atomic E-state index is 10.5. The molecule has 16 aromatic rings. The Kier molecular flexibility index (Phi) is 27.9. The average Bonchev–Trinajstić information content (AvgIpc) is 1.75. The number of hydrogen-bond donors (Lipinski definition) is 4. The predicted octanol–water partition coefficient (Wildman–Crippen LogP) is 27.8. The van der Waals surface area contributed by atoms with Gasteiger partial charge in [0.2, 0.25) is 0 Å². The molecule has 0 atom stereocenters. The van der Waals surface area contributed by atoms with Gasteiger partial charge in [0.05, 0.1) is 101 Å². The zero-order chi connectivity index (χ0) is 80.7. The van der Waals surface area contributed by atoms with Crippen LogP contribution >= 0.6 is 146 Å². The van der Waals surface area contributed by atoms with E-state index in [-0.39, 0.29) is 0 Å². The number of aromatic nitrogens is 6. The fraction of sp³-hybridized carbons (Fsp3) is 0.176. The molecule has 6 heterocycles. The summed E-state index contributed by atoms with van der Waals surface area (Å²) < 4.78 is 35.6. The van der Waals surface area contributed by atoms with E-state index in [0.29, 0.717) is 31.2 Å². The van der Waals surface area contributed by atoms with E-state index >= 15 is 0 Å². The topological polar surface area (TPSA) is 222 Å². The van der Waals surface area contributed by atoms with E-state index in [2.05, 4.69) is 116 Å². The minimum absolute atomic E-state index is 0.308. The number of ether oxygens (including phenoxy) is 5. The van der Waals surface area contributed by atoms with Crippen molar-refractivity contribution in [2.45, 2.75) is 69.2 Å². The predicted molar refractivity (Wildman–Crippen MR) is 490 cm³/mol. The second-order valence-electron chi connectivity index (χ2n) is 26.0. The summed E-state index contributed by atoms with van der Waals surface area (Å²) in [5.74, 6) is 4.67. The molecule has 0 unspecified atom stereocenters. The maximum atomic E-state index is 10.5. The van der Waals surface area contributed by atoms with Crippen molar-refractivity contribution in [2.24, 2.45) is 0 Å². The number of aryl methyl sites for hydroxylation is 6. The monoisotopic (exact) mass is 1810 g/mol. The number of rotatable bonds is 11. The summed E-state index contributed by atoms with van der Waals surface area (Å²) in [4.78, 5) is 26.7. The van der Waals surface area contributed by atoms with Gasteiger partial charge in [-0.3, -0.25) is 0 Å². The van der Waals surface area contributed by atoms with Gasteiger partial charge >= 0.3 is 0 Å². The minimum Gasteiger partial charge on any atom is -0.507 e. The van der Waals surface area contributed by atoms with Gasteiger partial charge in [-0.05, 0) is 260 Å². The van der Waals surface area contributed by atoms with Gasteiger partial charge in [-0.15, -0.1) is 34.0 Å². The molecule has 576 valence electrons. The number of hydrogen-bond acceptors (Lipinski definition) is 21. The van der Waals surface area contributed by atoms with Crippen LogP contribution in [-0.4, -0.2) is 70.6 Å². The molecular formula is C85H77Br2Cl4N9O6S6. The first-order valence-corrected chi connectivity index (χ1v) is 42.4. The van der Waals surface area contributed by atoms with Gasteiger partial charge in [-0.1, -0.05) is 140 Å². The van der Waals surface area contributed by atoms with Crippen molar-refractivity contribution in [3.05, 3.63) is 223 Å². The molecule has 0 saturated carbocycles. The Labute approximate surface area is 710 Å². The lowest BCUT2D eigenvalue weighted by Crippen LogP contribution is -1.92. The van der Waals surface area contributed by atoms with Crippen LogP contribution in [0.5, 0.6) is 34.5 Å². The van der Waals surface area contributed by atoms with E-state index in [4.69, 9.17) is 92.3 Å². The molecule has 0 amide bonds.